The highest BCUT2D eigenvalue weighted by Crippen LogP contribution is 2.38. The van der Waals surface area contributed by atoms with Crippen LogP contribution in [0.1, 0.15) is 51.0 Å². The number of fused-ring (bicyclic) bond motifs is 1. The molecule has 34 heavy (non-hydrogen) atoms. The molecule has 1 aliphatic heterocycles. The summed E-state index contributed by atoms with van der Waals surface area (Å²) in [5, 5.41) is 2.20. The summed E-state index contributed by atoms with van der Waals surface area (Å²) in [6.45, 7) is 5.09. The molecular weight excluding hydrogens is 443 g/mol. The summed E-state index contributed by atoms with van der Waals surface area (Å²) in [6.07, 6.45) is -0.406. The van der Waals surface area contributed by atoms with E-state index >= 15 is 0 Å². The van der Waals surface area contributed by atoms with Gasteiger partial charge in [-0.05, 0) is 93.4 Å². The average Bonchev–Trinajstić information content (AvgIpc) is 2.83. The standard InChI is InChI=1S/C27H34F3NO3/c1-2-33-26(32)20-12-15-31(16-13-20)14-11-19-3-4-22-18-25(8-5-21(22)17-19)34-24-9-6-23(7-10-24)27(28,29)30/h3-5,8,17-18,20,23-24H,2,6-7,9-16H2,1H3. The van der Waals surface area contributed by atoms with Gasteiger partial charge in [0.2, 0.25) is 0 Å². The summed E-state index contributed by atoms with van der Waals surface area (Å²) in [7, 11) is 0. The van der Waals surface area contributed by atoms with Crippen LogP contribution in [0.3, 0.4) is 0 Å². The van der Waals surface area contributed by atoms with Crippen LogP contribution in [-0.2, 0) is 16.0 Å². The van der Waals surface area contributed by atoms with E-state index in [1.165, 1.54) is 5.56 Å². The van der Waals surface area contributed by atoms with Gasteiger partial charge in [0.25, 0.3) is 0 Å². The number of rotatable bonds is 7. The zero-order chi connectivity index (χ0) is 24.1. The Kier molecular flexibility index (Phi) is 8.02. The second-order valence-corrected chi connectivity index (χ2v) is 9.59. The number of hydrogen-bond donors (Lipinski definition) is 0. The molecule has 1 saturated heterocycles. The van der Waals surface area contributed by atoms with Gasteiger partial charge in [-0.2, -0.15) is 13.2 Å². The van der Waals surface area contributed by atoms with Crippen molar-refractivity contribution in [1.29, 1.82) is 0 Å². The Morgan fingerprint density at radius 3 is 2.32 bits per heavy atom. The zero-order valence-electron chi connectivity index (χ0n) is 19.8. The largest absolute Gasteiger partial charge is 0.490 e. The Labute approximate surface area is 199 Å². The molecule has 1 saturated carbocycles. The van der Waals surface area contributed by atoms with E-state index in [0.29, 0.717) is 19.4 Å². The van der Waals surface area contributed by atoms with Gasteiger partial charge < -0.3 is 14.4 Å². The highest BCUT2D eigenvalue weighted by atomic mass is 19.4. The molecule has 0 bridgehead atoms. The number of alkyl halides is 3. The number of nitrogens with zero attached hydrogens (tertiary/aromatic N) is 1. The van der Waals surface area contributed by atoms with Crippen molar-refractivity contribution in [2.24, 2.45) is 11.8 Å². The molecule has 186 valence electrons. The van der Waals surface area contributed by atoms with Crippen LogP contribution in [0.25, 0.3) is 10.8 Å². The first-order chi connectivity index (χ1) is 16.3. The van der Waals surface area contributed by atoms with Crippen LogP contribution in [0.5, 0.6) is 5.75 Å². The topological polar surface area (TPSA) is 38.8 Å². The van der Waals surface area contributed by atoms with E-state index in [2.05, 4.69) is 23.1 Å². The number of hydrogen-bond acceptors (Lipinski definition) is 4. The van der Waals surface area contributed by atoms with Crippen LogP contribution in [0.4, 0.5) is 13.2 Å². The predicted molar refractivity (Wildman–Crippen MR) is 126 cm³/mol. The van der Waals surface area contributed by atoms with Crippen LogP contribution in [0, 0.1) is 11.8 Å². The molecule has 2 fully saturated rings. The third-order valence-corrected chi connectivity index (χ3v) is 7.24. The van der Waals surface area contributed by atoms with E-state index in [0.717, 1.165) is 55.4 Å². The molecular formula is C27H34F3NO3. The van der Waals surface area contributed by atoms with E-state index in [4.69, 9.17) is 9.47 Å². The molecule has 4 nitrogen and oxygen atoms in total. The third-order valence-electron chi connectivity index (χ3n) is 7.24. The molecule has 0 N–H and O–H groups in total. The molecule has 2 aromatic rings. The second-order valence-electron chi connectivity index (χ2n) is 9.59. The summed E-state index contributed by atoms with van der Waals surface area (Å²) in [5.74, 6) is -0.492. The summed E-state index contributed by atoms with van der Waals surface area (Å²) in [4.78, 5) is 14.3. The lowest BCUT2D eigenvalue weighted by atomic mass is 9.87. The van der Waals surface area contributed by atoms with Gasteiger partial charge in [0.15, 0.2) is 0 Å². The summed E-state index contributed by atoms with van der Waals surface area (Å²) in [6, 6.07) is 12.3. The van der Waals surface area contributed by atoms with Gasteiger partial charge in [-0.1, -0.05) is 24.3 Å². The van der Waals surface area contributed by atoms with E-state index in [1.54, 1.807) is 0 Å². The van der Waals surface area contributed by atoms with Crippen LogP contribution in [-0.4, -0.2) is 49.4 Å². The SMILES string of the molecule is CCOC(=O)C1CCN(CCc2ccc3cc(OC4CCC(C(F)(F)F)CC4)ccc3c2)CC1. The number of esters is 1. The smallest absolute Gasteiger partial charge is 0.391 e. The molecule has 1 aliphatic carbocycles. The van der Waals surface area contributed by atoms with E-state index < -0.39 is 12.1 Å². The van der Waals surface area contributed by atoms with Crippen molar-refractivity contribution in [1.82, 2.24) is 4.90 Å². The molecule has 7 heteroatoms. The van der Waals surface area contributed by atoms with Gasteiger partial charge >= 0.3 is 12.1 Å². The Morgan fingerprint density at radius 2 is 1.65 bits per heavy atom. The maximum absolute atomic E-state index is 12.9. The summed E-state index contributed by atoms with van der Waals surface area (Å²) < 4.78 is 49.8. The molecule has 2 aliphatic rings. The van der Waals surface area contributed by atoms with Crippen molar-refractivity contribution in [3.8, 4) is 5.75 Å². The third kappa shape index (κ3) is 6.44. The van der Waals surface area contributed by atoms with Crippen molar-refractivity contribution in [2.75, 3.05) is 26.2 Å². The van der Waals surface area contributed by atoms with Crippen LogP contribution in [0.2, 0.25) is 0 Å². The van der Waals surface area contributed by atoms with Gasteiger partial charge in [0, 0.05) is 6.54 Å². The number of ether oxygens (including phenoxy) is 2. The summed E-state index contributed by atoms with van der Waals surface area (Å²) in [5.41, 5.74) is 1.26. The Morgan fingerprint density at radius 1 is 0.971 bits per heavy atom. The van der Waals surface area contributed by atoms with E-state index in [1.807, 2.05) is 25.1 Å². The summed E-state index contributed by atoms with van der Waals surface area (Å²) >= 11 is 0. The van der Waals surface area contributed by atoms with Crippen LogP contribution >= 0.6 is 0 Å². The number of carbonyl (C=O) groups excluding carboxylic acids is 1. The molecule has 0 aromatic heterocycles. The Hall–Kier alpha value is -2.28. The molecule has 4 rings (SSSR count). The highest BCUT2D eigenvalue weighted by molar-refractivity contribution is 5.84. The normalized spacial score (nSPS) is 22.6. The minimum absolute atomic E-state index is 0.0351. The van der Waals surface area contributed by atoms with Crippen molar-refractivity contribution in [3.05, 3.63) is 42.0 Å². The number of likely N-dealkylation sites (tertiary alicyclic amines) is 1. The fourth-order valence-electron chi connectivity index (χ4n) is 5.14. The fourth-order valence-corrected chi connectivity index (χ4v) is 5.14. The first-order valence-corrected chi connectivity index (χ1v) is 12.5. The second kappa shape index (κ2) is 11.0. The van der Waals surface area contributed by atoms with Crippen LogP contribution < -0.4 is 4.74 Å². The molecule has 0 spiro atoms. The Balaban J connectivity index is 1.26. The van der Waals surface area contributed by atoms with Crippen molar-refractivity contribution < 1.29 is 27.4 Å². The first-order valence-electron chi connectivity index (χ1n) is 12.5. The monoisotopic (exact) mass is 477 g/mol. The predicted octanol–water partition coefficient (Wildman–Crippen LogP) is 6.16. The van der Waals surface area contributed by atoms with Crippen molar-refractivity contribution in [2.45, 2.75) is 64.1 Å². The minimum Gasteiger partial charge on any atom is -0.490 e. The van der Waals surface area contributed by atoms with Gasteiger partial charge in [-0.25, -0.2) is 0 Å². The lowest BCUT2D eigenvalue weighted by Gasteiger charge is -2.30. The highest BCUT2D eigenvalue weighted by Gasteiger charge is 2.41. The molecule has 0 atom stereocenters. The molecule has 0 unspecified atom stereocenters. The number of benzene rings is 2. The van der Waals surface area contributed by atoms with E-state index in [9.17, 15) is 18.0 Å². The van der Waals surface area contributed by atoms with Crippen molar-refractivity contribution in [3.63, 3.8) is 0 Å². The minimum atomic E-state index is -4.09. The number of carbonyl (C=O) groups is 1. The quantitative estimate of drug-likeness (QED) is 0.448. The van der Waals surface area contributed by atoms with Gasteiger partial charge in [0.1, 0.15) is 5.75 Å². The maximum Gasteiger partial charge on any atom is 0.391 e. The molecule has 0 amide bonds. The molecule has 1 heterocycles. The average molecular weight is 478 g/mol. The molecule has 2 aromatic carbocycles. The van der Waals surface area contributed by atoms with Crippen LogP contribution in [0.15, 0.2) is 36.4 Å². The first kappa shape index (κ1) is 24.8. The Bertz CT molecular complexity index is 961. The lowest BCUT2D eigenvalue weighted by molar-refractivity contribution is -0.185. The lowest BCUT2D eigenvalue weighted by Crippen LogP contribution is -2.38. The zero-order valence-corrected chi connectivity index (χ0v) is 19.8. The number of halogens is 3. The number of piperidine rings is 1. The van der Waals surface area contributed by atoms with Gasteiger partial charge in [-0.3, -0.25) is 4.79 Å². The molecule has 0 radical (unpaired) electrons. The van der Waals surface area contributed by atoms with Crippen molar-refractivity contribution >= 4 is 16.7 Å². The van der Waals surface area contributed by atoms with Gasteiger partial charge in [-0.15, -0.1) is 0 Å². The fraction of sp³-hybridized carbons (Fsp3) is 0.593. The van der Waals surface area contributed by atoms with Gasteiger partial charge in [0.05, 0.1) is 24.5 Å². The maximum atomic E-state index is 12.9. The van der Waals surface area contributed by atoms with E-state index in [-0.39, 0.29) is 30.8 Å².